The van der Waals surface area contributed by atoms with Gasteiger partial charge in [-0.05, 0) is 18.4 Å². The maximum absolute atomic E-state index is 10.8. The molecule has 2 rings (SSSR count). The molecule has 1 aliphatic heterocycles. The largest absolute Gasteiger partial charge is 0.376 e. The van der Waals surface area contributed by atoms with E-state index in [9.17, 15) is 4.79 Å². The lowest BCUT2D eigenvalue weighted by Gasteiger charge is -2.27. The first kappa shape index (κ1) is 9.62. The SMILES string of the molecule is O=CC1=C(C2COCCO2)CCC=C1. The summed E-state index contributed by atoms with van der Waals surface area (Å²) in [7, 11) is 0. The first-order valence-corrected chi connectivity index (χ1v) is 4.96. The summed E-state index contributed by atoms with van der Waals surface area (Å²) in [6.07, 6.45) is 6.71. The van der Waals surface area contributed by atoms with Gasteiger partial charge in [0.2, 0.25) is 0 Å². The number of hydrogen-bond acceptors (Lipinski definition) is 3. The Morgan fingerprint density at radius 3 is 3.07 bits per heavy atom. The molecule has 14 heavy (non-hydrogen) atoms. The number of rotatable bonds is 2. The zero-order valence-corrected chi connectivity index (χ0v) is 8.07. The van der Waals surface area contributed by atoms with E-state index in [1.165, 1.54) is 0 Å². The van der Waals surface area contributed by atoms with Crippen LogP contribution in [0, 0.1) is 0 Å². The topological polar surface area (TPSA) is 35.5 Å². The Labute approximate surface area is 83.4 Å². The van der Waals surface area contributed by atoms with Gasteiger partial charge >= 0.3 is 0 Å². The van der Waals surface area contributed by atoms with Crippen LogP contribution in [0.5, 0.6) is 0 Å². The number of aldehydes is 1. The Morgan fingerprint density at radius 2 is 2.36 bits per heavy atom. The standard InChI is InChI=1S/C11H14O3/c12-7-9-3-1-2-4-10(9)11-8-13-5-6-14-11/h1,3,7,11H,2,4-6,8H2. The van der Waals surface area contributed by atoms with E-state index in [1.807, 2.05) is 12.2 Å². The summed E-state index contributed by atoms with van der Waals surface area (Å²) in [5.74, 6) is 0. The minimum atomic E-state index is -0.00565. The molecule has 1 heterocycles. The molecular weight excluding hydrogens is 180 g/mol. The van der Waals surface area contributed by atoms with Crippen LogP contribution >= 0.6 is 0 Å². The highest BCUT2D eigenvalue weighted by molar-refractivity contribution is 5.79. The summed E-state index contributed by atoms with van der Waals surface area (Å²) in [6.45, 7) is 1.88. The van der Waals surface area contributed by atoms with Gasteiger partial charge in [-0.2, -0.15) is 0 Å². The molecule has 0 amide bonds. The molecule has 0 N–H and O–H groups in total. The fourth-order valence-electron chi connectivity index (χ4n) is 1.85. The van der Waals surface area contributed by atoms with Gasteiger partial charge in [0, 0.05) is 5.57 Å². The van der Waals surface area contributed by atoms with Crippen molar-refractivity contribution in [3.05, 3.63) is 23.3 Å². The van der Waals surface area contributed by atoms with Crippen molar-refractivity contribution in [1.82, 2.24) is 0 Å². The van der Waals surface area contributed by atoms with Crippen molar-refractivity contribution in [3.63, 3.8) is 0 Å². The monoisotopic (exact) mass is 194 g/mol. The number of carbonyl (C=O) groups is 1. The number of ether oxygens (including phenoxy) is 2. The molecule has 76 valence electrons. The van der Waals surface area contributed by atoms with E-state index >= 15 is 0 Å². The van der Waals surface area contributed by atoms with Crippen LogP contribution in [0.2, 0.25) is 0 Å². The van der Waals surface area contributed by atoms with E-state index in [2.05, 4.69) is 0 Å². The highest BCUT2D eigenvalue weighted by Crippen LogP contribution is 2.24. The van der Waals surface area contributed by atoms with Gasteiger partial charge < -0.3 is 9.47 Å². The van der Waals surface area contributed by atoms with Gasteiger partial charge in [0.25, 0.3) is 0 Å². The van der Waals surface area contributed by atoms with Gasteiger partial charge in [-0.1, -0.05) is 12.2 Å². The second kappa shape index (κ2) is 4.53. The summed E-state index contributed by atoms with van der Waals surface area (Å²) in [5, 5.41) is 0. The number of allylic oxidation sites excluding steroid dienone is 3. The molecule has 0 spiro atoms. The first-order chi connectivity index (χ1) is 6.92. The summed E-state index contributed by atoms with van der Waals surface area (Å²) in [6, 6.07) is 0. The fraction of sp³-hybridized carbons (Fsp3) is 0.545. The van der Waals surface area contributed by atoms with E-state index in [4.69, 9.17) is 9.47 Å². The Kier molecular flexibility index (Phi) is 3.11. The Bertz CT molecular complexity index is 272. The van der Waals surface area contributed by atoms with Crippen LogP contribution in [0.25, 0.3) is 0 Å². The third-order valence-corrected chi connectivity index (χ3v) is 2.58. The van der Waals surface area contributed by atoms with Crippen molar-refractivity contribution in [2.75, 3.05) is 19.8 Å². The van der Waals surface area contributed by atoms with Crippen molar-refractivity contribution in [2.24, 2.45) is 0 Å². The normalized spacial score (nSPS) is 27.9. The molecule has 1 aliphatic carbocycles. The lowest BCUT2D eigenvalue weighted by atomic mass is 9.94. The molecule has 0 saturated carbocycles. The summed E-state index contributed by atoms with van der Waals surface area (Å²) >= 11 is 0. The predicted octanol–water partition coefficient (Wildman–Crippen LogP) is 1.25. The molecule has 1 saturated heterocycles. The summed E-state index contributed by atoms with van der Waals surface area (Å²) in [4.78, 5) is 10.8. The van der Waals surface area contributed by atoms with Crippen molar-refractivity contribution >= 4 is 6.29 Å². The molecule has 0 bridgehead atoms. The molecule has 3 heteroatoms. The third-order valence-electron chi connectivity index (χ3n) is 2.58. The molecule has 1 unspecified atom stereocenters. The molecule has 0 aromatic carbocycles. The van der Waals surface area contributed by atoms with Crippen LogP contribution in [0.4, 0.5) is 0 Å². The van der Waals surface area contributed by atoms with Crippen LogP contribution < -0.4 is 0 Å². The second-order valence-electron chi connectivity index (χ2n) is 3.47. The van der Waals surface area contributed by atoms with E-state index in [0.29, 0.717) is 19.8 Å². The van der Waals surface area contributed by atoms with Crippen LogP contribution in [-0.2, 0) is 14.3 Å². The lowest BCUT2D eigenvalue weighted by Crippen LogP contribution is -2.31. The molecule has 0 aromatic heterocycles. The average Bonchev–Trinajstić information content (AvgIpc) is 2.30. The quantitative estimate of drug-likeness (QED) is 0.620. The first-order valence-electron chi connectivity index (χ1n) is 4.96. The van der Waals surface area contributed by atoms with E-state index in [1.54, 1.807) is 0 Å². The zero-order chi connectivity index (χ0) is 9.80. The second-order valence-corrected chi connectivity index (χ2v) is 3.47. The molecule has 2 aliphatic rings. The van der Waals surface area contributed by atoms with Crippen molar-refractivity contribution < 1.29 is 14.3 Å². The number of hydrogen-bond donors (Lipinski definition) is 0. The third kappa shape index (κ3) is 1.94. The summed E-state index contributed by atoms with van der Waals surface area (Å²) in [5.41, 5.74) is 1.87. The zero-order valence-electron chi connectivity index (χ0n) is 8.07. The van der Waals surface area contributed by atoms with Crippen LogP contribution in [0.1, 0.15) is 12.8 Å². The van der Waals surface area contributed by atoms with Gasteiger partial charge in [-0.15, -0.1) is 0 Å². The van der Waals surface area contributed by atoms with Gasteiger partial charge in [0.05, 0.1) is 19.8 Å². The van der Waals surface area contributed by atoms with Crippen LogP contribution in [0.3, 0.4) is 0 Å². The maximum Gasteiger partial charge on any atom is 0.150 e. The van der Waals surface area contributed by atoms with Gasteiger partial charge in [-0.3, -0.25) is 4.79 Å². The average molecular weight is 194 g/mol. The minimum absolute atomic E-state index is 0.00565. The molecule has 1 atom stereocenters. The highest BCUT2D eigenvalue weighted by atomic mass is 16.6. The molecule has 1 fully saturated rings. The van der Waals surface area contributed by atoms with Crippen molar-refractivity contribution in [3.8, 4) is 0 Å². The van der Waals surface area contributed by atoms with Crippen LogP contribution in [-0.4, -0.2) is 32.2 Å². The smallest absolute Gasteiger partial charge is 0.150 e. The predicted molar refractivity (Wildman–Crippen MR) is 52.0 cm³/mol. The maximum atomic E-state index is 10.8. The Balaban J connectivity index is 2.16. The van der Waals surface area contributed by atoms with E-state index in [0.717, 1.165) is 30.3 Å². The number of carbonyl (C=O) groups excluding carboxylic acids is 1. The van der Waals surface area contributed by atoms with Crippen molar-refractivity contribution in [1.29, 1.82) is 0 Å². The van der Waals surface area contributed by atoms with E-state index < -0.39 is 0 Å². The molecule has 0 aromatic rings. The minimum Gasteiger partial charge on any atom is -0.376 e. The molecule has 0 radical (unpaired) electrons. The van der Waals surface area contributed by atoms with Gasteiger partial charge in [0.15, 0.2) is 0 Å². The van der Waals surface area contributed by atoms with Crippen molar-refractivity contribution in [2.45, 2.75) is 18.9 Å². The van der Waals surface area contributed by atoms with Crippen LogP contribution in [0.15, 0.2) is 23.3 Å². The fourth-order valence-corrected chi connectivity index (χ4v) is 1.85. The van der Waals surface area contributed by atoms with Gasteiger partial charge in [-0.25, -0.2) is 0 Å². The molecular formula is C11H14O3. The molecule has 3 nitrogen and oxygen atoms in total. The Morgan fingerprint density at radius 1 is 1.43 bits per heavy atom. The summed E-state index contributed by atoms with van der Waals surface area (Å²) < 4.78 is 10.9. The van der Waals surface area contributed by atoms with Gasteiger partial charge in [0.1, 0.15) is 12.4 Å². The highest BCUT2D eigenvalue weighted by Gasteiger charge is 2.22. The lowest BCUT2D eigenvalue weighted by molar-refractivity contribution is -0.105. The van der Waals surface area contributed by atoms with E-state index in [-0.39, 0.29) is 6.10 Å². The Hall–Kier alpha value is -0.930.